The minimum absolute atomic E-state index is 0.0672. The molecule has 0 unspecified atom stereocenters. The first-order valence-corrected chi connectivity index (χ1v) is 6.96. The van der Waals surface area contributed by atoms with Crippen LogP contribution in [0, 0.1) is 6.92 Å². The summed E-state index contributed by atoms with van der Waals surface area (Å²) in [5, 5.41) is 2.10. The Bertz CT molecular complexity index is 756. The third-order valence-electron chi connectivity index (χ3n) is 2.94. The second-order valence-corrected chi connectivity index (χ2v) is 5.41. The van der Waals surface area contributed by atoms with Crippen LogP contribution in [-0.4, -0.2) is 4.98 Å². The number of pyridine rings is 1. The van der Waals surface area contributed by atoms with Gasteiger partial charge in [-0.15, -0.1) is 11.3 Å². The maximum atomic E-state index is 11.8. The summed E-state index contributed by atoms with van der Waals surface area (Å²) in [6.07, 6.45) is 0. The van der Waals surface area contributed by atoms with Gasteiger partial charge in [-0.2, -0.15) is 0 Å². The molecule has 2 aromatic heterocycles. The molecule has 3 aromatic rings. The van der Waals surface area contributed by atoms with E-state index in [1.54, 1.807) is 17.4 Å². The zero-order valence-electron chi connectivity index (χ0n) is 10.5. The first kappa shape index (κ1) is 11.9. The number of benzene rings is 1. The molecule has 0 bridgehead atoms. The van der Waals surface area contributed by atoms with E-state index in [-0.39, 0.29) is 5.56 Å². The molecule has 0 saturated heterocycles. The Morgan fingerprint density at radius 3 is 2.47 bits per heavy atom. The molecule has 0 atom stereocenters. The van der Waals surface area contributed by atoms with Crippen molar-refractivity contribution in [3.05, 3.63) is 69.8 Å². The van der Waals surface area contributed by atoms with Gasteiger partial charge in [-0.3, -0.25) is 4.79 Å². The number of rotatable bonds is 2. The summed E-state index contributed by atoms with van der Waals surface area (Å²) in [4.78, 5) is 15.8. The van der Waals surface area contributed by atoms with Gasteiger partial charge in [-0.1, -0.05) is 30.3 Å². The lowest BCUT2D eigenvalue weighted by Gasteiger charge is -2.04. The number of hydrogen-bond donors (Lipinski definition) is 1. The molecular formula is C16H13NOS. The number of H-pyrrole nitrogens is 1. The summed E-state index contributed by atoms with van der Waals surface area (Å²) in [5.41, 5.74) is 4.01. The van der Waals surface area contributed by atoms with Crippen molar-refractivity contribution in [2.75, 3.05) is 0 Å². The maximum Gasteiger partial charge on any atom is 0.249 e. The summed E-state index contributed by atoms with van der Waals surface area (Å²) in [7, 11) is 0. The fourth-order valence-electron chi connectivity index (χ4n) is 2.04. The second kappa shape index (κ2) is 4.86. The number of hydrogen-bond acceptors (Lipinski definition) is 2. The van der Waals surface area contributed by atoms with Crippen LogP contribution in [0.3, 0.4) is 0 Å². The predicted molar refractivity (Wildman–Crippen MR) is 80.5 cm³/mol. The SMILES string of the molecule is Cc1csc(-c2cc(-c3ccccc3)[nH]c(=O)c2)c1. The van der Waals surface area contributed by atoms with Crippen LogP contribution in [0.15, 0.2) is 58.7 Å². The molecule has 0 aliphatic heterocycles. The highest BCUT2D eigenvalue weighted by Crippen LogP contribution is 2.28. The van der Waals surface area contributed by atoms with Crippen LogP contribution in [0.25, 0.3) is 21.7 Å². The lowest BCUT2D eigenvalue weighted by atomic mass is 10.1. The molecule has 3 heteroatoms. The highest BCUT2D eigenvalue weighted by molar-refractivity contribution is 7.13. The van der Waals surface area contributed by atoms with Gasteiger partial charge in [-0.05, 0) is 41.1 Å². The molecule has 0 amide bonds. The number of aromatic nitrogens is 1. The predicted octanol–water partition coefficient (Wildman–Crippen LogP) is 4.08. The number of thiophene rings is 1. The molecular weight excluding hydrogens is 254 g/mol. The minimum atomic E-state index is -0.0672. The highest BCUT2D eigenvalue weighted by Gasteiger charge is 2.05. The smallest absolute Gasteiger partial charge is 0.249 e. The fourth-order valence-corrected chi connectivity index (χ4v) is 2.93. The zero-order valence-corrected chi connectivity index (χ0v) is 11.3. The van der Waals surface area contributed by atoms with Crippen LogP contribution in [0.4, 0.5) is 0 Å². The van der Waals surface area contributed by atoms with Crippen molar-refractivity contribution >= 4 is 11.3 Å². The van der Waals surface area contributed by atoms with Crippen LogP contribution in [0.1, 0.15) is 5.56 Å². The molecule has 1 N–H and O–H groups in total. The normalized spacial score (nSPS) is 10.6. The van der Waals surface area contributed by atoms with E-state index < -0.39 is 0 Å². The molecule has 0 fully saturated rings. The molecule has 1 aromatic carbocycles. The zero-order chi connectivity index (χ0) is 13.2. The van der Waals surface area contributed by atoms with Crippen LogP contribution in [0.5, 0.6) is 0 Å². The van der Waals surface area contributed by atoms with Crippen LogP contribution in [0.2, 0.25) is 0 Å². The van der Waals surface area contributed by atoms with Crippen molar-refractivity contribution < 1.29 is 0 Å². The molecule has 0 radical (unpaired) electrons. The van der Waals surface area contributed by atoms with Crippen molar-refractivity contribution in [1.29, 1.82) is 0 Å². The van der Waals surface area contributed by atoms with E-state index in [9.17, 15) is 4.79 Å². The molecule has 0 spiro atoms. The summed E-state index contributed by atoms with van der Waals surface area (Å²) in [6, 6.07) is 15.7. The standard InChI is InChI=1S/C16H13NOS/c1-11-7-15(19-10-11)13-8-14(17-16(18)9-13)12-5-3-2-4-6-12/h2-10H,1H3,(H,17,18). The van der Waals surface area contributed by atoms with Crippen molar-refractivity contribution in [2.45, 2.75) is 6.92 Å². The Balaban J connectivity index is 2.14. The van der Waals surface area contributed by atoms with Crippen LogP contribution < -0.4 is 5.56 Å². The maximum absolute atomic E-state index is 11.8. The average Bonchev–Trinajstić information content (AvgIpc) is 2.86. The summed E-state index contributed by atoms with van der Waals surface area (Å²) in [6.45, 7) is 2.06. The Hall–Kier alpha value is -2.13. The van der Waals surface area contributed by atoms with Gasteiger partial charge in [0.2, 0.25) is 5.56 Å². The van der Waals surface area contributed by atoms with Crippen molar-refractivity contribution in [3.8, 4) is 21.7 Å². The van der Waals surface area contributed by atoms with Gasteiger partial charge in [-0.25, -0.2) is 0 Å². The quantitative estimate of drug-likeness (QED) is 0.745. The number of nitrogens with one attached hydrogen (secondary N) is 1. The first-order chi connectivity index (χ1) is 9.22. The number of aromatic amines is 1. The van der Waals surface area contributed by atoms with Gasteiger partial charge in [0, 0.05) is 16.6 Å². The molecule has 2 heterocycles. The third kappa shape index (κ3) is 2.51. The molecule has 19 heavy (non-hydrogen) atoms. The highest BCUT2D eigenvalue weighted by atomic mass is 32.1. The van der Waals surface area contributed by atoms with Crippen molar-refractivity contribution in [3.63, 3.8) is 0 Å². The summed E-state index contributed by atoms with van der Waals surface area (Å²) < 4.78 is 0. The van der Waals surface area contributed by atoms with Gasteiger partial charge in [0.1, 0.15) is 0 Å². The Morgan fingerprint density at radius 2 is 1.79 bits per heavy atom. The Morgan fingerprint density at radius 1 is 1.00 bits per heavy atom. The minimum Gasteiger partial charge on any atom is -0.322 e. The van der Waals surface area contributed by atoms with E-state index in [0.717, 1.165) is 21.7 Å². The molecule has 0 saturated carbocycles. The number of aryl methyl sites for hydroxylation is 1. The Kier molecular flexibility index (Phi) is 3.05. The lowest BCUT2D eigenvalue weighted by Crippen LogP contribution is -2.05. The van der Waals surface area contributed by atoms with Gasteiger partial charge < -0.3 is 4.98 Å². The van der Waals surface area contributed by atoms with E-state index in [0.29, 0.717) is 0 Å². The van der Waals surface area contributed by atoms with Gasteiger partial charge in [0.15, 0.2) is 0 Å². The van der Waals surface area contributed by atoms with Crippen molar-refractivity contribution in [2.24, 2.45) is 0 Å². The fraction of sp³-hybridized carbons (Fsp3) is 0.0625. The monoisotopic (exact) mass is 267 g/mol. The van der Waals surface area contributed by atoms with Gasteiger partial charge in [0.05, 0.1) is 0 Å². The van der Waals surface area contributed by atoms with E-state index in [1.165, 1.54) is 5.56 Å². The van der Waals surface area contributed by atoms with Gasteiger partial charge >= 0.3 is 0 Å². The molecule has 0 aliphatic carbocycles. The lowest BCUT2D eigenvalue weighted by molar-refractivity contribution is 1.24. The third-order valence-corrected chi connectivity index (χ3v) is 4.04. The average molecular weight is 267 g/mol. The second-order valence-electron chi connectivity index (χ2n) is 4.50. The first-order valence-electron chi connectivity index (χ1n) is 6.08. The van der Waals surface area contributed by atoms with E-state index in [4.69, 9.17) is 0 Å². The molecule has 2 nitrogen and oxygen atoms in total. The van der Waals surface area contributed by atoms with E-state index in [1.807, 2.05) is 36.4 Å². The van der Waals surface area contributed by atoms with Gasteiger partial charge in [0.25, 0.3) is 0 Å². The molecule has 0 aliphatic rings. The van der Waals surface area contributed by atoms with Crippen LogP contribution >= 0.6 is 11.3 Å². The summed E-state index contributed by atoms with van der Waals surface area (Å²) >= 11 is 1.66. The summed E-state index contributed by atoms with van der Waals surface area (Å²) in [5.74, 6) is 0. The molecule has 94 valence electrons. The largest absolute Gasteiger partial charge is 0.322 e. The molecule has 3 rings (SSSR count). The Labute approximate surface area is 115 Å². The topological polar surface area (TPSA) is 32.9 Å². The van der Waals surface area contributed by atoms with E-state index in [2.05, 4.69) is 23.4 Å². The van der Waals surface area contributed by atoms with E-state index >= 15 is 0 Å². The van der Waals surface area contributed by atoms with Crippen LogP contribution in [-0.2, 0) is 0 Å². The van der Waals surface area contributed by atoms with Crippen molar-refractivity contribution in [1.82, 2.24) is 4.98 Å².